The predicted molar refractivity (Wildman–Crippen MR) is 133 cm³/mol. The second-order valence-corrected chi connectivity index (χ2v) is 10.1. The molecule has 0 spiro atoms. The van der Waals surface area contributed by atoms with Gasteiger partial charge in [0.05, 0.1) is 46.2 Å². The first-order valence-electron chi connectivity index (χ1n) is 12.9. The molecule has 0 amide bonds. The van der Waals surface area contributed by atoms with Crippen LogP contribution in [0.2, 0.25) is 0 Å². The number of aromatic hydroxyl groups is 1. The first-order chi connectivity index (χ1) is 19.4. The van der Waals surface area contributed by atoms with Gasteiger partial charge < -0.3 is 63.4 Å². The molecule has 13 nitrogen and oxygen atoms in total. The number of rotatable bonds is 7. The van der Waals surface area contributed by atoms with E-state index in [1.807, 2.05) is 18.2 Å². The summed E-state index contributed by atoms with van der Waals surface area (Å²) < 4.78 is 46.0. The zero-order chi connectivity index (χ0) is 28.1. The molecule has 2 aromatic rings. The van der Waals surface area contributed by atoms with Gasteiger partial charge in [0.15, 0.2) is 23.0 Å². The van der Waals surface area contributed by atoms with Crippen LogP contribution in [-0.2, 0) is 14.2 Å². The molecule has 0 aliphatic carbocycles. The van der Waals surface area contributed by atoms with Crippen molar-refractivity contribution < 1.29 is 63.4 Å². The Hall–Kier alpha value is -3.04. The Morgan fingerprint density at radius 2 is 1.52 bits per heavy atom. The number of benzene rings is 2. The number of phenols is 1. The fourth-order valence-electron chi connectivity index (χ4n) is 5.93. The number of aliphatic hydroxyl groups excluding tert-OH is 4. The van der Waals surface area contributed by atoms with Crippen molar-refractivity contribution in [2.24, 2.45) is 11.8 Å². The smallest absolute Gasteiger partial charge is 0.231 e. The monoisotopic (exact) mass is 564 g/mol. The molecule has 4 aliphatic rings. The number of phenolic OH excluding ortho intramolecular Hbond substituents is 1. The van der Waals surface area contributed by atoms with Crippen molar-refractivity contribution in [3.05, 3.63) is 35.4 Å². The maximum atomic E-state index is 10.8. The maximum Gasteiger partial charge on any atom is 0.231 e. The van der Waals surface area contributed by atoms with Crippen LogP contribution in [0, 0.1) is 11.8 Å². The zero-order valence-corrected chi connectivity index (χ0v) is 21.8. The predicted octanol–water partition coefficient (Wildman–Crippen LogP) is 0.392. The maximum absolute atomic E-state index is 10.8. The lowest BCUT2D eigenvalue weighted by Gasteiger charge is -2.40. The van der Waals surface area contributed by atoms with Crippen molar-refractivity contribution in [3.8, 4) is 34.5 Å². The van der Waals surface area contributed by atoms with Crippen LogP contribution in [0.1, 0.15) is 23.3 Å². The highest BCUT2D eigenvalue weighted by atomic mass is 16.7. The number of hydrogen-bond acceptors (Lipinski definition) is 13. The molecule has 4 heterocycles. The molecular weight excluding hydrogens is 532 g/mol. The lowest BCUT2D eigenvalue weighted by molar-refractivity contribution is -0.277. The Morgan fingerprint density at radius 1 is 0.825 bits per heavy atom. The van der Waals surface area contributed by atoms with Crippen molar-refractivity contribution >= 4 is 0 Å². The summed E-state index contributed by atoms with van der Waals surface area (Å²) in [6.45, 7) is 0.245. The minimum atomic E-state index is -1.67. The normalized spacial score (nSPS) is 34.5. The van der Waals surface area contributed by atoms with E-state index in [9.17, 15) is 25.5 Å². The van der Waals surface area contributed by atoms with Gasteiger partial charge in [-0.3, -0.25) is 0 Å². The second kappa shape index (κ2) is 10.7. The Morgan fingerprint density at radius 3 is 2.25 bits per heavy atom. The van der Waals surface area contributed by atoms with Gasteiger partial charge in [-0.1, -0.05) is 6.07 Å². The van der Waals surface area contributed by atoms with Crippen molar-refractivity contribution in [2.45, 2.75) is 42.9 Å². The Kier molecular flexibility index (Phi) is 7.29. The molecule has 6 rings (SSSR count). The molecule has 0 unspecified atom stereocenters. The van der Waals surface area contributed by atoms with Crippen molar-refractivity contribution in [1.82, 2.24) is 0 Å². The standard InChI is InChI=1S/C27H32O13/c1-33-25-15(29)6-12(24(26(25)34-2)40-27-21(32)20(31)19(30)18(7-28)39-27)23-14-9-35-22(13(14)8-36-23)11-3-4-16-17(5-11)38-10-37-16/h3-6,13-14,18-23,27-32H,7-10H2,1-2H3/t13-,14-,18+,19+,20-,21+,22+,23+,27-/m0/s1. The van der Waals surface area contributed by atoms with Crippen LogP contribution < -0.4 is 23.7 Å². The summed E-state index contributed by atoms with van der Waals surface area (Å²) in [7, 11) is 2.70. The van der Waals surface area contributed by atoms with Crippen LogP contribution in [0.15, 0.2) is 24.3 Å². The fourth-order valence-corrected chi connectivity index (χ4v) is 5.93. The third-order valence-electron chi connectivity index (χ3n) is 7.99. The van der Waals surface area contributed by atoms with Gasteiger partial charge in [-0.05, 0) is 23.8 Å². The van der Waals surface area contributed by atoms with Gasteiger partial charge in [-0.2, -0.15) is 0 Å². The SMILES string of the molecule is COc1c(O)cc([C@H]2OC[C@H]3[C@@H]2CO[C@@H]3c2ccc3c(c2)OCO3)c(O[C@@H]2O[C@H](CO)[C@@H](O)[C@H](O)[C@H]2O)c1OC. The summed E-state index contributed by atoms with van der Waals surface area (Å²) in [6, 6.07) is 7.12. The van der Waals surface area contributed by atoms with Gasteiger partial charge in [0.2, 0.25) is 24.6 Å². The Bertz CT molecular complexity index is 1240. The minimum absolute atomic E-state index is 0.00717. The number of aliphatic hydroxyl groups is 4. The third-order valence-corrected chi connectivity index (χ3v) is 7.99. The summed E-state index contributed by atoms with van der Waals surface area (Å²) in [5.41, 5.74) is 1.31. The summed E-state index contributed by atoms with van der Waals surface area (Å²) in [5.74, 6) is 0.932. The Balaban J connectivity index is 1.33. The molecular formula is C27H32O13. The van der Waals surface area contributed by atoms with E-state index in [1.54, 1.807) is 0 Å². The highest BCUT2D eigenvalue weighted by Crippen LogP contribution is 2.56. The van der Waals surface area contributed by atoms with Crippen LogP contribution in [0.5, 0.6) is 34.5 Å². The highest BCUT2D eigenvalue weighted by Gasteiger charge is 2.51. The van der Waals surface area contributed by atoms with Crippen molar-refractivity contribution in [2.75, 3.05) is 40.8 Å². The number of ether oxygens (including phenoxy) is 8. The first-order valence-corrected chi connectivity index (χ1v) is 12.9. The number of hydrogen-bond donors (Lipinski definition) is 5. The molecule has 40 heavy (non-hydrogen) atoms. The molecule has 3 saturated heterocycles. The second-order valence-electron chi connectivity index (χ2n) is 10.1. The fraction of sp³-hybridized carbons (Fsp3) is 0.556. The molecule has 5 N–H and O–H groups in total. The van der Waals surface area contributed by atoms with E-state index in [1.165, 1.54) is 20.3 Å². The molecule has 2 aromatic carbocycles. The van der Waals surface area contributed by atoms with Gasteiger partial charge in [-0.15, -0.1) is 0 Å². The average molecular weight is 565 g/mol. The zero-order valence-electron chi connectivity index (χ0n) is 21.8. The topological polar surface area (TPSA) is 175 Å². The highest BCUT2D eigenvalue weighted by molar-refractivity contribution is 5.63. The first kappa shape index (κ1) is 27.1. The van der Waals surface area contributed by atoms with E-state index in [2.05, 4.69) is 0 Å². The summed E-state index contributed by atoms with van der Waals surface area (Å²) in [6.07, 6.45) is -8.45. The number of fused-ring (bicyclic) bond motifs is 2. The van der Waals surface area contributed by atoms with Crippen LogP contribution in [0.25, 0.3) is 0 Å². The van der Waals surface area contributed by atoms with Crippen LogP contribution in [0.4, 0.5) is 0 Å². The molecule has 0 aromatic heterocycles. The largest absolute Gasteiger partial charge is 0.504 e. The van der Waals surface area contributed by atoms with E-state index in [0.717, 1.165) is 5.56 Å². The molecule has 3 fully saturated rings. The van der Waals surface area contributed by atoms with Gasteiger partial charge >= 0.3 is 0 Å². The van der Waals surface area contributed by atoms with E-state index < -0.39 is 43.4 Å². The third kappa shape index (κ3) is 4.38. The Labute approximate surface area is 229 Å². The molecule has 0 saturated carbocycles. The molecule has 4 aliphatic heterocycles. The summed E-state index contributed by atoms with van der Waals surface area (Å²) >= 11 is 0. The summed E-state index contributed by atoms with van der Waals surface area (Å²) in [4.78, 5) is 0. The van der Waals surface area contributed by atoms with Crippen molar-refractivity contribution in [1.29, 1.82) is 0 Å². The average Bonchev–Trinajstić information content (AvgIpc) is 3.70. The van der Waals surface area contributed by atoms with Gasteiger partial charge in [0.25, 0.3) is 0 Å². The molecule has 9 atom stereocenters. The lowest BCUT2D eigenvalue weighted by Crippen LogP contribution is -2.60. The van der Waals surface area contributed by atoms with Gasteiger partial charge in [0.1, 0.15) is 24.4 Å². The lowest BCUT2D eigenvalue weighted by atomic mass is 9.84. The van der Waals surface area contributed by atoms with Crippen molar-refractivity contribution in [3.63, 3.8) is 0 Å². The quantitative estimate of drug-likeness (QED) is 0.313. The van der Waals surface area contributed by atoms with Gasteiger partial charge in [-0.25, -0.2) is 0 Å². The molecule has 0 bridgehead atoms. The summed E-state index contributed by atoms with van der Waals surface area (Å²) in [5, 5.41) is 51.5. The van der Waals surface area contributed by atoms with E-state index >= 15 is 0 Å². The molecule has 13 heteroatoms. The molecule has 218 valence electrons. The number of methoxy groups -OCH3 is 2. The van der Waals surface area contributed by atoms with Crippen LogP contribution in [0.3, 0.4) is 0 Å². The van der Waals surface area contributed by atoms with E-state index in [4.69, 9.17) is 37.9 Å². The van der Waals surface area contributed by atoms with Crippen LogP contribution >= 0.6 is 0 Å². The van der Waals surface area contributed by atoms with E-state index in [-0.39, 0.29) is 47.7 Å². The van der Waals surface area contributed by atoms with Crippen LogP contribution in [-0.4, -0.2) is 97.1 Å². The van der Waals surface area contributed by atoms with E-state index in [0.29, 0.717) is 30.3 Å². The minimum Gasteiger partial charge on any atom is -0.504 e. The van der Waals surface area contributed by atoms with Gasteiger partial charge in [0, 0.05) is 17.4 Å². The molecule has 0 radical (unpaired) electrons.